The number of thiol groups is 1. The van der Waals surface area contributed by atoms with E-state index < -0.39 is 23.8 Å². The highest BCUT2D eigenvalue weighted by molar-refractivity contribution is 9.05. The highest BCUT2D eigenvalue weighted by Crippen LogP contribution is 2.30. The zero-order valence-corrected chi connectivity index (χ0v) is 9.23. The normalized spacial score (nSPS) is 13.9. The van der Waals surface area contributed by atoms with Gasteiger partial charge in [0.15, 0.2) is 6.61 Å². The Hall–Kier alpha value is 0.400. The van der Waals surface area contributed by atoms with Crippen LogP contribution in [0.1, 0.15) is 6.92 Å². The zero-order chi connectivity index (χ0) is 10.5. The number of carbonyl (C=O) groups is 1. The molecule has 1 atom stereocenters. The molecule has 5 nitrogen and oxygen atoms in total. The summed E-state index contributed by atoms with van der Waals surface area (Å²) in [5.41, 5.74) is 0. The van der Waals surface area contributed by atoms with Gasteiger partial charge in [0, 0.05) is 0 Å². The fourth-order valence-corrected chi connectivity index (χ4v) is 2.45. The Bertz CT molecular complexity index is 168. The van der Waals surface area contributed by atoms with Gasteiger partial charge in [0.2, 0.25) is 0 Å². The number of hydrogen-bond donors (Lipinski definition) is 4. The molecule has 1 unspecified atom stereocenters. The summed E-state index contributed by atoms with van der Waals surface area (Å²) in [6.07, 6.45) is 0. The molecule has 0 aliphatic heterocycles. The number of hydrogen-bond acceptors (Lipinski definition) is 8. The van der Waals surface area contributed by atoms with Crippen molar-refractivity contribution < 1.29 is 24.9 Å². The van der Waals surface area contributed by atoms with Gasteiger partial charge in [-0.15, -0.1) is 0 Å². The monoisotopic (exact) mass is 246 g/mol. The lowest BCUT2D eigenvalue weighted by molar-refractivity contribution is -0.327. The van der Waals surface area contributed by atoms with Crippen molar-refractivity contribution in [2.75, 3.05) is 6.61 Å². The molecule has 0 aromatic carbocycles. The van der Waals surface area contributed by atoms with Crippen LogP contribution in [0.5, 0.6) is 0 Å². The molecule has 0 radical (unpaired) electrons. The number of ether oxygens (including phenoxy) is 1. The van der Waals surface area contributed by atoms with Crippen molar-refractivity contribution >= 4 is 38.2 Å². The van der Waals surface area contributed by atoms with E-state index in [1.54, 1.807) is 6.92 Å². The van der Waals surface area contributed by atoms with Gasteiger partial charge in [0.05, 0.1) is 0 Å². The Balaban J connectivity index is 3.74. The molecular formula is C5H10O5S3. The van der Waals surface area contributed by atoms with Crippen molar-refractivity contribution in [3.05, 3.63) is 0 Å². The molecule has 0 aliphatic rings. The van der Waals surface area contributed by atoms with E-state index in [9.17, 15) is 4.79 Å². The summed E-state index contributed by atoms with van der Waals surface area (Å²) in [6, 6.07) is 0. The molecule has 0 aromatic heterocycles. The fourth-order valence-electron chi connectivity index (χ4n) is 0.389. The van der Waals surface area contributed by atoms with Gasteiger partial charge in [-0.25, -0.2) is 0 Å². The average Bonchev–Trinajstić information content (AvgIpc) is 1.99. The number of rotatable bonds is 5. The summed E-state index contributed by atoms with van der Waals surface area (Å²) in [7, 11) is 2.25. The molecule has 0 spiro atoms. The smallest absolute Gasteiger partial charge is 0.319 e. The molecule has 0 fully saturated rings. The predicted molar refractivity (Wildman–Crippen MR) is 54.0 cm³/mol. The fraction of sp³-hybridized carbons (Fsp3) is 0.800. The second-order valence-electron chi connectivity index (χ2n) is 2.20. The van der Waals surface area contributed by atoms with E-state index in [4.69, 9.17) is 15.3 Å². The van der Waals surface area contributed by atoms with Crippen molar-refractivity contribution in [3.8, 4) is 0 Å². The molecule has 13 heavy (non-hydrogen) atoms. The summed E-state index contributed by atoms with van der Waals surface area (Å²) >= 11 is 3.80. The Morgan fingerprint density at radius 3 is 2.54 bits per heavy atom. The van der Waals surface area contributed by atoms with Crippen LogP contribution in [0, 0.1) is 0 Å². The van der Waals surface area contributed by atoms with Crippen molar-refractivity contribution in [1.82, 2.24) is 0 Å². The lowest BCUT2D eigenvalue weighted by atomic mass is 10.5. The quantitative estimate of drug-likeness (QED) is 0.231. The molecule has 8 heteroatoms. The molecule has 0 aromatic rings. The van der Waals surface area contributed by atoms with Gasteiger partial charge in [-0.2, -0.15) is 0 Å². The molecule has 0 amide bonds. The van der Waals surface area contributed by atoms with Crippen LogP contribution in [-0.2, 0) is 9.53 Å². The van der Waals surface area contributed by atoms with Gasteiger partial charge in [0.25, 0.3) is 0 Å². The maximum atomic E-state index is 11.0. The van der Waals surface area contributed by atoms with E-state index in [0.717, 1.165) is 20.6 Å². The third-order valence-corrected chi connectivity index (χ3v) is 3.39. The van der Waals surface area contributed by atoms with Crippen LogP contribution in [0.2, 0.25) is 0 Å². The molecule has 0 saturated heterocycles. The van der Waals surface area contributed by atoms with Gasteiger partial charge in [-0.3, -0.25) is 4.79 Å². The summed E-state index contributed by atoms with van der Waals surface area (Å²) < 4.78 is 4.36. The number of carbonyl (C=O) groups excluding carboxylic acids is 1. The Kier molecular flexibility index (Phi) is 6.18. The van der Waals surface area contributed by atoms with E-state index in [1.165, 1.54) is 0 Å². The molecule has 0 aliphatic carbocycles. The number of esters is 1. The predicted octanol–water partition coefficient (Wildman–Crippen LogP) is -0.225. The van der Waals surface area contributed by atoms with Gasteiger partial charge in [-0.1, -0.05) is 22.5 Å². The summed E-state index contributed by atoms with van der Waals surface area (Å²) in [5, 5.41) is 24.7. The zero-order valence-electron chi connectivity index (χ0n) is 6.71. The lowest BCUT2D eigenvalue weighted by Gasteiger charge is -2.15. The Labute approximate surface area is 88.1 Å². The first-order valence-corrected chi connectivity index (χ1v) is 6.44. The SMILES string of the molecule is CC(SSS)C(=O)OCC(O)(O)O. The molecule has 3 N–H and O–H groups in total. The van der Waals surface area contributed by atoms with Crippen LogP contribution in [0.25, 0.3) is 0 Å². The maximum Gasteiger partial charge on any atom is 0.319 e. The van der Waals surface area contributed by atoms with Crippen LogP contribution in [0.4, 0.5) is 0 Å². The molecule has 78 valence electrons. The largest absolute Gasteiger partial charge is 0.456 e. The summed E-state index contributed by atoms with van der Waals surface area (Å²) in [5.74, 6) is -3.61. The van der Waals surface area contributed by atoms with Crippen LogP contribution in [-0.4, -0.2) is 39.1 Å². The molecule has 0 rings (SSSR count). The Morgan fingerprint density at radius 2 is 2.15 bits per heavy atom. The first-order chi connectivity index (χ1) is 5.87. The molecular weight excluding hydrogens is 236 g/mol. The first-order valence-electron chi connectivity index (χ1n) is 3.17. The van der Waals surface area contributed by atoms with E-state index in [1.807, 2.05) is 0 Å². The van der Waals surface area contributed by atoms with E-state index >= 15 is 0 Å². The average molecular weight is 246 g/mol. The van der Waals surface area contributed by atoms with Gasteiger partial charge in [0.1, 0.15) is 5.25 Å². The first kappa shape index (κ1) is 13.4. The van der Waals surface area contributed by atoms with Crippen LogP contribution in [0.3, 0.4) is 0 Å². The van der Waals surface area contributed by atoms with Crippen molar-refractivity contribution in [1.29, 1.82) is 0 Å². The summed E-state index contributed by atoms with van der Waals surface area (Å²) in [6.45, 7) is 0.706. The van der Waals surface area contributed by atoms with E-state index in [2.05, 4.69) is 16.4 Å². The minimum Gasteiger partial charge on any atom is -0.456 e. The minimum absolute atomic E-state index is 0.482. The van der Waals surface area contributed by atoms with Crippen LogP contribution < -0.4 is 0 Å². The van der Waals surface area contributed by atoms with Gasteiger partial charge >= 0.3 is 11.9 Å². The number of aliphatic hydroxyl groups is 3. The van der Waals surface area contributed by atoms with Crippen LogP contribution >= 0.6 is 32.3 Å². The molecule has 0 heterocycles. The third-order valence-electron chi connectivity index (χ3n) is 0.927. The minimum atomic E-state index is -2.96. The van der Waals surface area contributed by atoms with E-state index in [-0.39, 0.29) is 0 Å². The van der Waals surface area contributed by atoms with Crippen molar-refractivity contribution in [2.24, 2.45) is 0 Å². The third kappa shape index (κ3) is 7.47. The highest BCUT2D eigenvalue weighted by Gasteiger charge is 2.23. The second kappa shape index (κ2) is 5.99. The van der Waals surface area contributed by atoms with Gasteiger partial charge in [-0.05, 0) is 16.7 Å². The summed E-state index contributed by atoms with van der Waals surface area (Å²) in [4.78, 5) is 11.0. The lowest BCUT2D eigenvalue weighted by Crippen LogP contribution is -2.35. The second-order valence-corrected chi connectivity index (χ2v) is 5.61. The highest BCUT2D eigenvalue weighted by atomic mass is 33.5. The molecule has 0 bridgehead atoms. The molecule has 0 saturated carbocycles. The standard InChI is InChI=1S/C5H10O5S3/c1-3(12-13-11)4(6)10-2-5(7,8)9/h3,7-9,11H,2H2,1H3. The topological polar surface area (TPSA) is 87.0 Å². The maximum absolute atomic E-state index is 11.0. The Morgan fingerprint density at radius 1 is 1.62 bits per heavy atom. The van der Waals surface area contributed by atoms with Crippen LogP contribution in [0.15, 0.2) is 0 Å². The van der Waals surface area contributed by atoms with Crippen molar-refractivity contribution in [2.45, 2.75) is 18.1 Å². The van der Waals surface area contributed by atoms with Crippen molar-refractivity contribution in [3.63, 3.8) is 0 Å². The van der Waals surface area contributed by atoms with Gasteiger partial charge < -0.3 is 20.1 Å². The van der Waals surface area contributed by atoms with E-state index in [0.29, 0.717) is 0 Å².